The van der Waals surface area contributed by atoms with Gasteiger partial charge in [0.1, 0.15) is 23.0 Å². The van der Waals surface area contributed by atoms with Crippen molar-refractivity contribution in [3.8, 4) is 23.0 Å². The molecule has 2 aromatic carbocycles. The molecule has 4 aliphatic carbocycles. The summed E-state index contributed by atoms with van der Waals surface area (Å²) < 4.78 is 22.7. The molecule has 12 nitrogen and oxygen atoms in total. The van der Waals surface area contributed by atoms with Gasteiger partial charge in [-0.05, 0) is 13.8 Å². The summed E-state index contributed by atoms with van der Waals surface area (Å²) in [5.74, 6) is -4.74. The van der Waals surface area contributed by atoms with E-state index in [-0.39, 0.29) is 74.0 Å². The fourth-order valence-electron chi connectivity index (χ4n) is 7.83. The van der Waals surface area contributed by atoms with Crippen LogP contribution >= 0.6 is 0 Å². The van der Waals surface area contributed by atoms with Gasteiger partial charge in [0.15, 0.2) is 28.6 Å². The minimum Gasteiger partial charge on any atom is -0.507 e. The van der Waals surface area contributed by atoms with Crippen molar-refractivity contribution in [1.29, 1.82) is 0 Å². The van der Waals surface area contributed by atoms with E-state index in [1.54, 1.807) is 0 Å². The first-order valence-corrected chi connectivity index (χ1v) is 13.0. The second-order valence-corrected chi connectivity index (χ2v) is 11.2. The zero-order valence-corrected chi connectivity index (χ0v) is 23.5. The van der Waals surface area contributed by atoms with Crippen LogP contribution in [0.5, 0.6) is 23.0 Å². The van der Waals surface area contributed by atoms with E-state index in [0.29, 0.717) is 0 Å². The Hall–Kier alpha value is -4.39. The van der Waals surface area contributed by atoms with Crippen LogP contribution in [-0.2, 0) is 35.2 Å². The van der Waals surface area contributed by atoms with Crippen LogP contribution in [0.3, 0.4) is 0 Å². The van der Waals surface area contributed by atoms with Gasteiger partial charge in [-0.25, -0.2) is 9.78 Å². The van der Waals surface area contributed by atoms with Gasteiger partial charge >= 0.3 is 0 Å². The molecule has 2 spiro atoms. The molecule has 12 heteroatoms. The summed E-state index contributed by atoms with van der Waals surface area (Å²) in [4.78, 5) is 53.8. The minimum atomic E-state index is -1.97. The Morgan fingerprint density at radius 3 is 2.19 bits per heavy atom. The highest BCUT2D eigenvalue weighted by Crippen LogP contribution is 2.72. The summed E-state index contributed by atoms with van der Waals surface area (Å²) >= 11 is 0. The molecule has 8 rings (SSSR count). The highest BCUT2D eigenvalue weighted by molar-refractivity contribution is 6.16. The molecule has 0 unspecified atom stereocenters. The quantitative estimate of drug-likeness (QED) is 0.444. The van der Waals surface area contributed by atoms with Gasteiger partial charge in [-0.2, -0.15) is 0 Å². The van der Waals surface area contributed by atoms with E-state index in [0.717, 1.165) is 6.08 Å². The van der Waals surface area contributed by atoms with E-state index in [1.807, 2.05) is 0 Å². The largest absolute Gasteiger partial charge is 0.507 e. The van der Waals surface area contributed by atoms with Crippen LogP contribution in [0.4, 0.5) is 0 Å². The molecule has 0 aromatic heterocycles. The maximum atomic E-state index is 14.1. The second kappa shape index (κ2) is 7.91. The van der Waals surface area contributed by atoms with E-state index in [4.69, 9.17) is 28.7 Å². The molecular formula is C30H26O12. The molecule has 4 atom stereocenters. The van der Waals surface area contributed by atoms with E-state index < -0.39 is 51.6 Å². The van der Waals surface area contributed by atoms with Crippen LogP contribution in [0.25, 0.3) is 0 Å². The normalized spacial score (nSPS) is 29.5. The van der Waals surface area contributed by atoms with E-state index >= 15 is 0 Å². The van der Waals surface area contributed by atoms with Crippen molar-refractivity contribution in [1.82, 2.24) is 0 Å². The number of benzene rings is 2. The highest BCUT2D eigenvalue weighted by atomic mass is 17.2. The molecule has 0 saturated carbocycles. The number of hydrogen-bond donors (Lipinski definition) is 3. The number of ether oxygens (including phenoxy) is 4. The molecule has 2 aliphatic heterocycles. The summed E-state index contributed by atoms with van der Waals surface area (Å²) in [6.45, 7) is 2.69. The molecular weight excluding hydrogens is 552 g/mol. The number of phenolic OH excluding ortho intramolecular Hbond substituents is 2. The predicted octanol–water partition coefficient (Wildman–Crippen LogP) is 2.53. The Labute approximate surface area is 238 Å². The first-order chi connectivity index (χ1) is 19.9. The van der Waals surface area contributed by atoms with Crippen LogP contribution in [0, 0.1) is 0 Å². The first-order valence-electron chi connectivity index (χ1n) is 13.0. The predicted molar refractivity (Wildman–Crippen MR) is 139 cm³/mol. The third kappa shape index (κ3) is 2.54. The van der Waals surface area contributed by atoms with Crippen LogP contribution in [-0.4, -0.2) is 66.7 Å². The fraction of sp³-hybridized carbons (Fsp3) is 0.367. The van der Waals surface area contributed by atoms with Crippen molar-refractivity contribution in [2.75, 3.05) is 28.4 Å². The number of carbonyl (C=O) groups excluding carboxylic acids is 3. The van der Waals surface area contributed by atoms with Gasteiger partial charge < -0.3 is 34.3 Å². The maximum Gasteiger partial charge on any atom is 0.231 e. The molecule has 0 saturated heterocycles. The van der Waals surface area contributed by atoms with Gasteiger partial charge in [-0.1, -0.05) is 0 Å². The molecule has 0 amide bonds. The van der Waals surface area contributed by atoms with Gasteiger partial charge in [0.2, 0.25) is 11.4 Å². The maximum absolute atomic E-state index is 14.1. The first kappa shape index (κ1) is 26.5. The van der Waals surface area contributed by atoms with Crippen molar-refractivity contribution < 1.29 is 58.4 Å². The van der Waals surface area contributed by atoms with E-state index in [9.17, 15) is 29.7 Å². The number of fused-ring (bicyclic) bond motifs is 1. The van der Waals surface area contributed by atoms with Crippen molar-refractivity contribution in [2.45, 2.75) is 43.0 Å². The Balaban J connectivity index is 1.87. The summed E-state index contributed by atoms with van der Waals surface area (Å²) in [7, 11) is 5.17. The van der Waals surface area contributed by atoms with Gasteiger partial charge in [0.25, 0.3) is 0 Å². The Bertz CT molecular complexity index is 1780. The lowest BCUT2D eigenvalue weighted by Crippen LogP contribution is -2.58. The van der Waals surface area contributed by atoms with Gasteiger partial charge in [0.05, 0.1) is 51.1 Å². The smallest absolute Gasteiger partial charge is 0.231 e. The zero-order valence-electron chi connectivity index (χ0n) is 23.5. The van der Waals surface area contributed by atoms with Crippen molar-refractivity contribution in [3.63, 3.8) is 0 Å². The van der Waals surface area contributed by atoms with E-state index in [2.05, 4.69) is 0 Å². The number of hydrogen-bond acceptors (Lipinski definition) is 12. The summed E-state index contributed by atoms with van der Waals surface area (Å²) in [5, 5.41) is 35.0. The average Bonchev–Trinajstić information content (AvgIpc) is 3.03. The van der Waals surface area contributed by atoms with Crippen LogP contribution in [0.15, 0.2) is 29.2 Å². The topological polar surface area (TPSA) is 167 Å². The lowest BCUT2D eigenvalue weighted by atomic mass is 9.56. The average molecular weight is 579 g/mol. The van der Waals surface area contributed by atoms with Crippen LogP contribution < -0.4 is 9.47 Å². The SMILES string of the molecule is COC1=CC(=O)c2c(O)c(OC)c3c4c2[C@@]12OO[C@]41C(=C(OC)C(=O)c4c(O)cc(OC)c2c41)C[C@](C)(O)[C@@H]3C(C)=O. The van der Waals surface area contributed by atoms with Crippen molar-refractivity contribution in [3.05, 3.63) is 68.2 Å². The molecule has 2 aromatic rings. The number of allylic oxidation sites excluding steroid dienone is 2. The van der Waals surface area contributed by atoms with Gasteiger partial charge in [-0.3, -0.25) is 14.4 Å². The Kier molecular flexibility index (Phi) is 4.99. The van der Waals surface area contributed by atoms with Crippen LogP contribution in [0.1, 0.15) is 74.7 Å². The zero-order chi connectivity index (χ0) is 30.3. The summed E-state index contributed by atoms with van der Waals surface area (Å²) in [6.07, 6.45) is 0.763. The molecule has 218 valence electrons. The Morgan fingerprint density at radius 2 is 1.60 bits per heavy atom. The lowest BCUT2D eigenvalue weighted by Gasteiger charge is -2.57. The van der Waals surface area contributed by atoms with Crippen LogP contribution in [0.2, 0.25) is 0 Å². The molecule has 2 bridgehead atoms. The minimum absolute atomic E-state index is 0.0304. The van der Waals surface area contributed by atoms with Gasteiger partial charge in [0, 0.05) is 52.0 Å². The second-order valence-electron chi connectivity index (χ2n) is 11.2. The van der Waals surface area contributed by atoms with E-state index in [1.165, 1.54) is 48.4 Å². The molecule has 2 heterocycles. The number of carbonyl (C=O) groups is 3. The molecule has 42 heavy (non-hydrogen) atoms. The summed E-state index contributed by atoms with van der Waals surface area (Å²) in [6, 6.07) is 1.23. The third-order valence-electron chi connectivity index (χ3n) is 9.12. The number of aromatic hydroxyl groups is 2. The monoisotopic (exact) mass is 578 g/mol. The highest BCUT2D eigenvalue weighted by Gasteiger charge is 2.73. The molecule has 3 N–H and O–H groups in total. The number of rotatable bonds is 5. The summed E-state index contributed by atoms with van der Waals surface area (Å²) in [5.41, 5.74) is -5.64. The number of Topliss-reactive ketones (excluding diaryl/α,β-unsaturated/α-hetero) is 2. The third-order valence-corrected chi connectivity index (χ3v) is 9.12. The molecule has 0 fully saturated rings. The molecule has 6 aliphatic rings. The Morgan fingerprint density at radius 1 is 0.929 bits per heavy atom. The standard InChI is InChI=1S/C30H26O12/c1-10(31)19-18-23-22-17(25(35)27(18)40-6)13(33)8-15(38-4)30(22)20-14(37-3)7-12(32)16-21(20)29(23,41-42-30)11(9-28(19,2)36)26(39-5)24(16)34/h7-8,19,32,35-36H,9H2,1-6H3/t19-,28+,29+,30-/m1/s1. The van der Waals surface area contributed by atoms with Gasteiger partial charge in [-0.15, -0.1) is 0 Å². The number of aliphatic hydroxyl groups is 1. The van der Waals surface area contributed by atoms with Crippen molar-refractivity contribution in [2.24, 2.45) is 0 Å². The number of phenols is 2. The molecule has 0 radical (unpaired) electrons. The number of methoxy groups -OCH3 is 4. The lowest BCUT2D eigenvalue weighted by molar-refractivity contribution is -0.417. The fourth-order valence-corrected chi connectivity index (χ4v) is 7.83. The van der Waals surface area contributed by atoms with Crippen molar-refractivity contribution >= 4 is 17.3 Å². The number of ketones is 3.